The van der Waals surface area contributed by atoms with E-state index in [1.54, 1.807) is 0 Å². The van der Waals surface area contributed by atoms with Gasteiger partial charge in [-0.1, -0.05) is 194 Å². The summed E-state index contributed by atoms with van der Waals surface area (Å²) < 4.78 is 0. The molecule has 2 N–H and O–H groups in total. The van der Waals surface area contributed by atoms with Crippen LogP contribution in [-0.2, 0) is 0 Å². The molecular weight excluding hydrogens is 795 g/mol. The lowest BCUT2D eigenvalue weighted by Crippen LogP contribution is -2.43. The van der Waals surface area contributed by atoms with Crippen LogP contribution in [0.2, 0.25) is 0 Å². The second kappa shape index (κ2) is 19.5. The van der Waals surface area contributed by atoms with Gasteiger partial charge in [-0.2, -0.15) is 0 Å². The van der Waals surface area contributed by atoms with Gasteiger partial charge in [-0.25, -0.2) is 0 Å². The van der Waals surface area contributed by atoms with Crippen molar-refractivity contribution in [2.75, 3.05) is 0 Å². The highest BCUT2D eigenvalue weighted by Gasteiger charge is 2.33. The predicted octanol–water partition coefficient (Wildman–Crippen LogP) is 10.1. The second-order valence-corrected chi connectivity index (χ2v) is 19.8. The molecule has 8 aromatic rings. The summed E-state index contributed by atoms with van der Waals surface area (Å²) in [4.78, 5) is 30.4. The number of hydrogen-bond donors (Lipinski definition) is 2. The van der Waals surface area contributed by atoms with Gasteiger partial charge in [0.2, 0.25) is 0 Å². The Morgan fingerprint density at radius 1 is 0.323 bits per heavy atom. The number of carbonyl (C=O) groups is 2. The summed E-state index contributed by atoms with van der Waals surface area (Å²) in [6.07, 6.45) is 0. The smallest absolute Gasteiger partial charge is 0.252 e. The quantitative estimate of drug-likeness (QED) is 0.114. The molecule has 4 nitrogen and oxygen atoms in total. The van der Waals surface area contributed by atoms with E-state index in [0.29, 0.717) is 11.1 Å². The maximum absolute atomic E-state index is 15.2. The number of rotatable bonds is 13. The highest BCUT2D eigenvalue weighted by molar-refractivity contribution is 7.80. The van der Waals surface area contributed by atoms with Crippen LogP contribution in [0.15, 0.2) is 206 Å². The fraction of sp³-hybridized carbons (Fsp3) is 0.107. The third-order valence-corrected chi connectivity index (χ3v) is 17.1. The number of aryl methyl sites for hydroxylation is 4. The number of nitrogens with one attached hydrogen (secondary N) is 2. The molecule has 6 heteroatoms. The lowest BCUT2D eigenvalue weighted by atomic mass is 9.92. The molecule has 0 aliphatic rings. The van der Waals surface area contributed by atoms with Crippen LogP contribution >= 0.6 is 15.8 Å². The van der Waals surface area contributed by atoms with Crippen molar-refractivity contribution in [2.45, 2.75) is 39.8 Å². The molecule has 306 valence electrons. The summed E-state index contributed by atoms with van der Waals surface area (Å²) in [6, 6.07) is 68.7. The minimum absolute atomic E-state index is 0.206. The largest absolute Gasteiger partial charge is 0.343 e. The zero-order valence-corrected chi connectivity index (χ0v) is 37.3. The summed E-state index contributed by atoms with van der Waals surface area (Å²) in [5.74, 6) is -0.412. The molecule has 8 aromatic carbocycles. The Kier molecular flexibility index (Phi) is 13.3. The van der Waals surface area contributed by atoms with Crippen molar-refractivity contribution < 1.29 is 9.59 Å². The minimum Gasteiger partial charge on any atom is -0.343 e. The first-order valence-electron chi connectivity index (χ1n) is 21.0. The van der Waals surface area contributed by atoms with E-state index in [1.807, 2.05) is 97.1 Å². The summed E-state index contributed by atoms with van der Waals surface area (Å²) >= 11 is 0. The van der Waals surface area contributed by atoms with Crippen molar-refractivity contribution in [1.29, 1.82) is 0 Å². The average molecular weight is 845 g/mol. The molecule has 8 rings (SSSR count). The highest BCUT2D eigenvalue weighted by Crippen LogP contribution is 2.39. The van der Waals surface area contributed by atoms with E-state index in [-0.39, 0.29) is 11.8 Å². The Bertz CT molecular complexity index is 2540. The molecule has 0 saturated heterocycles. The third-order valence-electron chi connectivity index (χ3n) is 11.4. The highest BCUT2D eigenvalue weighted by atomic mass is 31.1. The van der Waals surface area contributed by atoms with Crippen LogP contribution in [-0.4, -0.2) is 11.8 Å². The summed E-state index contributed by atoms with van der Waals surface area (Å²) in [5.41, 5.74) is 7.69. The molecular formula is C56H50N2O2P2. The fourth-order valence-corrected chi connectivity index (χ4v) is 13.7. The van der Waals surface area contributed by atoms with Crippen molar-refractivity contribution in [1.82, 2.24) is 10.6 Å². The Balaban J connectivity index is 1.22. The van der Waals surface area contributed by atoms with Gasteiger partial charge in [0.1, 0.15) is 0 Å². The molecule has 0 radical (unpaired) electrons. The molecule has 0 aliphatic carbocycles. The molecule has 0 unspecified atom stereocenters. The number of carbonyl (C=O) groups excluding carboxylic acids is 2. The van der Waals surface area contributed by atoms with Gasteiger partial charge >= 0.3 is 0 Å². The van der Waals surface area contributed by atoms with Gasteiger partial charge in [0.15, 0.2) is 0 Å². The standard InChI is InChI=1S/C56H50N2O2P2/c1-39-23-11-17-33-47(39)61(48-34-18-12-24-40(48)2)51-37-21-15-31-45(51)55(59)57-53(43-27-7-5-8-28-43)54(44-29-9-6-10-30-44)58-56(60)46-32-16-22-38-52(46)62(49-35-19-13-25-41(49)3)50-36-20-14-26-42(50)4/h5-38,53-54H,1-4H3,(H,57,59)(H,58,60)/t53-,54-/m1/s1. The molecule has 62 heavy (non-hydrogen) atoms. The van der Waals surface area contributed by atoms with E-state index in [2.05, 4.69) is 148 Å². The molecule has 2 amide bonds. The van der Waals surface area contributed by atoms with Crippen LogP contribution in [0.1, 0.15) is 66.2 Å². The molecule has 0 fully saturated rings. The van der Waals surface area contributed by atoms with E-state index in [4.69, 9.17) is 0 Å². The zero-order chi connectivity index (χ0) is 43.0. The molecule has 0 aromatic heterocycles. The van der Waals surface area contributed by atoms with E-state index >= 15 is 9.59 Å². The van der Waals surface area contributed by atoms with Crippen molar-refractivity contribution in [3.8, 4) is 0 Å². The van der Waals surface area contributed by atoms with Crippen molar-refractivity contribution in [3.05, 3.63) is 251 Å². The van der Waals surface area contributed by atoms with Gasteiger partial charge in [0.05, 0.1) is 12.1 Å². The first kappa shape index (κ1) is 42.3. The lowest BCUT2D eigenvalue weighted by Gasteiger charge is -2.31. The molecule has 0 saturated carbocycles. The first-order valence-corrected chi connectivity index (χ1v) is 23.7. The van der Waals surface area contributed by atoms with E-state index in [0.717, 1.165) is 21.7 Å². The topological polar surface area (TPSA) is 58.2 Å². The maximum atomic E-state index is 15.2. The van der Waals surface area contributed by atoms with E-state index < -0.39 is 27.9 Å². The van der Waals surface area contributed by atoms with Crippen LogP contribution in [0.5, 0.6) is 0 Å². The predicted molar refractivity (Wildman–Crippen MR) is 263 cm³/mol. The van der Waals surface area contributed by atoms with E-state index in [9.17, 15) is 0 Å². The normalized spacial score (nSPS) is 12.2. The Hall–Kier alpha value is -6.44. The van der Waals surface area contributed by atoms with Crippen molar-refractivity contribution >= 4 is 59.5 Å². The summed E-state index contributed by atoms with van der Waals surface area (Å²) in [7, 11) is -2.21. The number of amides is 2. The lowest BCUT2D eigenvalue weighted by molar-refractivity contribution is 0.0883. The Morgan fingerprint density at radius 3 is 0.855 bits per heavy atom. The zero-order valence-electron chi connectivity index (χ0n) is 35.5. The fourth-order valence-electron chi connectivity index (χ4n) is 8.23. The summed E-state index contributed by atoms with van der Waals surface area (Å²) in [5, 5.41) is 13.8. The van der Waals surface area contributed by atoms with Crippen LogP contribution in [0.3, 0.4) is 0 Å². The Labute approximate surface area is 368 Å². The number of benzene rings is 8. The molecule has 0 bridgehead atoms. The molecule has 0 heterocycles. The summed E-state index contributed by atoms with van der Waals surface area (Å²) in [6.45, 7) is 8.59. The van der Waals surface area contributed by atoms with Gasteiger partial charge in [-0.15, -0.1) is 0 Å². The average Bonchev–Trinajstić information content (AvgIpc) is 3.31. The van der Waals surface area contributed by atoms with Gasteiger partial charge in [0, 0.05) is 11.1 Å². The SMILES string of the molecule is Cc1ccccc1P(c1ccccc1C)c1ccccc1C(=O)N[C@H](c1ccccc1)[C@H](NC(=O)c1ccccc1P(c1ccccc1C)c1ccccc1C)c1ccccc1. The first-order chi connectivity index (χ1) is 30.3. The maximum Gasteiger partial charge on any atom is 0.252 e. The van der Waals surface area contributed by atoms with Crippen LogP contribution in [0.25, 0.3) is 0 Å². The minimum atomic E-state index is -1.11. The second-order valence-electron chi connectivity index (χ2n) is 15.6. The van der Waals surface area contributed by atoms with Crippen LogP contribution in [0, 0.1) is 27.7 Å². The third kappa shape index (κ3) is 9.09. The molecule has 2 atom stereocenters. The van der Waals surface area contributed by atoms with Gasteiger partial charge in [-0.05, 0) is 121 Å². The van der Waals surface area contributed by atoms with Gasteiger partial charge in [-0.3, -0.25) is 9.59 Å². The van der Waals surface area contributed by atoms with E-state index in [1.165, 1.54) is 43.5 Å². The van der Waals surface area contributed by atoms with Gasteiger partial charge < -0.3 is 10.6 Å². The van der Waals surface area contributed by atoms with Crippen LogP contribution in [0.4, 0.5) is 0 Å². The van der Waals surface area contributed by atoms with Crippen molar-refractivity contribution in [2.24, 2.45) is 0 Å². The van der Waals surface area contributed by atoms with Crippen molar-refractivity contribution in [3.63, 3.8) is 0 Å². The van der Waals surface area contributed by atoms with Crippen LogP contribution < -0.4 is 42.5 Å². The Morgan fingerprint density at radius 2 is 0.565 bits per heavy atom. The monoisotopic (exact) mass is 844 g/mol. The molecule has 0 spiro atoms. The molecule has 0 aliphatic heterocycles. The number of hydrogen-bond acceptors (Lipinski definition) is 2. The van der Waals surface area contributed by atoms with Gasteiger partial charge in [0.25, 0.3) is 11.8 Å².